The Hall–Kier alpha value is -0.730. The summed E-state index contributed by atoms with van der Waals surface area (Å²) >= 11 is 0. The molecule has 0 radical (unpaired) electrons. The van der Waals surface area contributed by atoms with Crippen molar-refractivity contribution in [1.29, 1.82) is 0 Å². The largest absolute Gasteiger partial charge is 0.465 e. The fourth-order valence-corrected chi connectivity index (χ4v) is 0.984. The molecule has 1 fully saturated rings. The highest BCUT2D eigenvalue weighted by Crippen LogP contribution is 2.17. The Balaban J connectivity index is 2.19. The van der Waals surface area contributed by atoms with E-state index in [9.17, 15) is 4.79 Å². The Bertz CT molecular complexity index is 118. The zero-order valence-corrected chi connectivity index (χ0v) is 5.50. The van der Waals surface area contributed by atoms with Crippen LogP contribution in [0.25, 0.3) is 0 Å². The van der Waals surface area contributed by atoms with Crippen LogP contribution in [0.15, 0.2) is 0 Å². The van der Waals surface area contributed by atoms with Crippen LogP contribution in [-0.2, 0) is 0 Å². The van der Waals surface area contributed by atoms with Crippen LogP contribution in [0.5, 0.6) is 0 Å². The second-order valence-electron chi connectivity index (χ2n) is 2.46. The molecule has 9 heavy (non-hydrogen) atoms. The summed E-state index contributed by atoms with van der Waals surface area (Å²) in [4.78, 5) is 11.6. The van der Waals surface area contributed by atoms with Crippen LogP contribution < -0.4 is 0 Å². The first-order valence-corrected chi connectivity index (χ1v) is 3.22. The molecule has 0 unspecified atom stereocenters. The predicted molar refractivity (Wildman–Crippen MR) is 33.4 cm³/mol. The van der Waals surface area contributed by atoms with E-state index in [1.807, 2.05) is 0 Å². The molecule has 1 N–H and O–H groups in total. The summed E-state index contributed by atoms with van der Waals surface area (Å²) < 4.78 is 0. The van der Waals surface area contributed by atoms with E-state index in [2.05, 4.69) is 6.92 Å². The molecule has 3 heteroatoms. The van der Waals surface area contributed by atoms with Crippen molar-refractivity contribution in [1.82, 2.24) is 4.90 Å². The molecule has 0 bridgehead atoms. The number of amides is 1. The molecule has 1 aliphatic rings. The molecule has 0 saturated carbocycles. The molecule has 3 nitrogen and oxygen atoms in total. The number of likely N-dealkylation sites (tertiary alicyclic amines) is 1. The number of hydrogen-bond donors (Lipinski definition) is 1. The third-order valence-electron chi connectivity index (χ3n) is 1.81. The van der Waals surface area contributed by atoms with Gasteiger partial charge in [0.05, 0.1) is 0 Å². The standard InChI is InChI=1S/C6H11NO2/c1-2-5-3-7(4-5)6(8)9/h5H,2-4H2,1H3,(H,8,9). The third kappa shape index (κ3) is 1.15. The van der Waals surface area contributed by atoms with Crippen LogP contribution in [0, 0.1) is 5.92 Å². The lowest BCUT2D eigenvalue weighted by molar-refractivity contribution is 0.0804. The number of hydrogen-bond acceptors (Lipinski definition) is 1. The molecular formula is C6H11NO2. The number of rotatable bonds is 1. The van der Waals surface area contributed by atoms with E-state index in [1.54, 1.807) is 0 Å². The van der Waals surface area contributed by atoms with Gasteiger partial charge in [0.2, 0.25) is 0 Å². The van der Waals surface area contributed by atoms with Gasteiger partial charge in [0.15, 0.2) is 0 Å². The SMILES string of the molecule is CCC1CN(C(=O)O)C1. The number of carboxylic acid groups (broad SMARTS) is 1. The van der Waals surface area contributed by atoms with Crippen molar-refractivity contribution in [3.8, 4) is 0 Å². The lowest BCUT2D eigenvalue weighted by Gasteiger charge is -2.36. The van der Waals surface area contributed by atoms with Gasteiger partial charge < -0.3 is 10.0 Å². The summed E-state index contributed by atoms with van der Waals surface area (Å²) in [5.74, 6) is 0.626. The molecule has 0 aromatic rings. The molecule has 0 aromatic heterocycles. The van der Waals surface area contributed by atoms with Gasteiger partial charge in [0.25, 0.3) is 0 Å². The zero-order valence-electron chi connectivity index (χ0n) is 5.50. The molecule has 1 saturated heterocycles. The van der Waals surface area contributed by atoms with Crippen molar-refractivity contribution in [2.75, 3.05) is 13.1 Å². The lowest BCUT2D eigenvalue weighted by Crippen LogP contribution is -2.48. The topological polar surface area (TPSA) is 40.5 Å². The molecule has 1 aliphatic heterocycles. The monoisotopic (exact) mass is 129 g/mol. The normalized spacial score (nSPS) is 19.4. The van der Waals surface area contributed by atoms with Gasteiger partial charge in [-0.05, 0) is 12.3 Å². The Morgan fingerprint density at radius 1 is 1.78 bits per heavy atom. The molecule has 0 spiro atoms. The molecule has 1 heterocycles. The van der Waals surface area contributed by atoms with E-state index in [4.69, 9.17) is 5.11 Å². The van der Waals surface area contributed by atoms with E-state index >= 15 is 0 Å². The smallest absolute Gasteiger partial charge is 0.407 e. The van der Waals surface area contributed by atoms with E-state index in [-0.39, 0.29) is 0 Å². The van der Waals surface area contributed by atoms with Crippen molar-refractivity contribution >= 4 is 6.09 Å². The fourth-order valence-electron chi connectivity index (χ4n) is 0.984. The van der Waals surface area contributed by atoms with Gasteiger partial charge in [-0.1, -0.05) is 6.92 Å². The van der Waals surface area contributed by atoms with E-state index in [0.29, 0.717) is 5.92 Å². The maximum absolute atomic E-state index is 10.2. The quantitative estimate of drug-likeness (QED) is 0.574. The minimum Gasteiger partial charge on any atom is -0.465 e. The van der Waals surface area contributed by atoms with Gasteiger partial charge >= 0.3 is 6.09 Å². The van der Waals surface area contributed by atoms with Crippen LogP contribution in [0.2, 0.25) is 0 Å². The number of nitrogens with zero attached hydrogens (tertiary/aromatic N) is 1. The molecule has 0 aromatic carbocycles. The van der Waals surface area contributed by atoms with E-state index in [1.165, 1.54) is 4.90 Å². The first-order valence-electron chi connectivity index (χ1n) is 3.22. The predicted octanol–water partition coefficient (Wildman–Crippen LogP) is 1.01. The van der Waals surface area contributed by atoms with Gasteiger partial charge in [-0.25, -0.2) is 4.79 Å². The van der Waals surface area contributed by atoms with Crippen molar-refractivity contribution < 1.29 is 9.90 Å². The average Bonchev–Trinajstić information content (AvgIpc) is 1.61. The maximum Gasteiger partial charge on any atom is 0.407 e. The lowest BCUT2D eigenvalue weighted by atomic mass is 9.98. The minimum absolute atomic E-state index is 0.626. The average molecular weight is 129 g/mol. The summed E-state index contributed by atoms with van der Waals surface area (Å²) in [6, 6.07) is 0. The van der Waals surface area contributed by atoms with Crippen LogP contribution in [0.3, 0.4) is 0 Å². The summed E-state index contributed by atoms with van der Waals surface area (Å²) in [5.41, 5.74) is 0. The summed E-state index contributed by atoms with van der Waals surface area (Å²) in [5, 5.41) is 8.37. The maximum atomic E-state index is 10.2. The van der Waals surface area contributed by atoms with Gasteiger partial charge in [0, 0.05) is 13.1 Å². The Morgan fingerprint density at radius 3 is 2.67 bits per heavy atom. The van der Waals surface area contributed by atoms with Gasteiger partial charge in [-0.15, -0.1) is 0 Å². The van der Waals surface area contributed by atoms with Crippen molar-refractivity contribution in [2.24, 2.45) is 5.92 Å². The second-order valence-corrected chi connectivity index (χ2v) is 2.46. The molecule has 52 valence electrons. The summed E-state index contributed by atoms with van der Waals surface area (Å²) in [7, 11) is 0. The third-order valence-corrected chi connectivity index (χ3v) is 1.81. The van der Waals surface area contributed by atoms with Crippen molar-refractivity contribution in [3.63, 3.8) is 0 Å². The first kappa shape index (κ1) is 6.39. The Kier molecular flexibility index (Phi) is 1.60. The first-order chi connectivity index (χ1) is 4.24. The highest BCUT2D eigenvalue weighted by atomic mass is 16.4. The summed E-state index contributed by atoms with van der Waals surface area (Å²) in [6.07, 6.45) is 0.323. The molecule has 1 amide bonds. The van der Waals surface area contributed by atoms with Crippen LogP contribution >= 0.6 is 0 Å². The van der Waals surface area contributed by atoms with E-state index in [0.717, 1.165) is 19.5 Å². The van der Waals surface area contributed by atoms with Crippen LogP contribution in [0.4, 0.5) is 4.79 Å². The van der Waals surface area contributed by atoms with Crippen LogP contribution in [0.1, 0.15) is 13.3 Å². The fraction of sp³-hybridized carbons (Fsp3) is 0.833. The van der Waals surface area contributed by atoms with Gasteiger partial charge in [0.1, 0.15) is 0 Å². The molecule has 1 rings (SSSR count). The second kappa shape index (κ2) is 2.25. The van der Waals surface area contributed by atoms with Crippen molar-refractivity contribution in [2.45, 2.75) is 13.3 Å². The highest BCUT2D eigenvalue weighted by Gasteiger charge is 2.28. The van der Waals surface area contributed by atoms with Gasteiger partial charge in [-0.3, -0.25) is 0 Å². The molecule has 0 atom stereocenters. The molecular weight excluding hydrogens is 118 g/mol. The zero-order chi connectivity index (χ0) is 6.85. The van der Waals surface area contributed by atoms with Crippen LogP contribution in [-0.4, -0.2) is 29.2 Å². The Labute approximate surface area is 54.3 Å². The summed E-state index contributed by atoms with van der Waals surface area (Å²) in [6.45, 7) is 3.57. The Morgan fingerprint density at radius 2 is 2.33 bits per heavy atom. The van der Waals surface area contributed by atoms with Gasteiger partial charge in [-0.2, -0.15) is 0 Å². The number of carbonyl (C=O) groups is 1. The highest BCUT2D eigenvalue weighted by molar-refractivity contribution is 5.65. The molecule has 0 aliphatic carbocycles. The van der Waals surface area contributed by atoms with Crippen molar-refractivity contribution in [3.05, 3.63) is 0 Å². The minimum atomic E-state index is -0.778. The van der Waals surface area contributed by atoms with E-state index < -0.39 is 6.09 Å².